The third-order valence-electron chi connectivity index (χ3n) is 2.03. The van der Waals surface area contributed by atoms with Crippen LogP contribution in [0.5, 0.6) is 0 Å². The SMILES string of the molecule is ClCCCc1nc(-c2cccnc2)cs1. The molecule has 2 rings (SSSR count). The van der Waals surface area contributed by atoms with E-state index < -0.39 is 0 Å². The number of pyridine rings is 1. The van der Waals surface area contributed by atoms with Crippen LogP contribution in [0.1, 0.15) is 11.4 Å². The van der Waals surface area contributed by atoms with Gasteiger partial charge >= 0.3 is 0 Å². The Morgan fingerprint density at radius 3 is 3.07 bits per heavy atom. The maximum atomic E-state index is 5.64. The number of alkyl halides is 1. The van der Waals surface area contributed by atoms with Crippen molar-refractivity contribution in [2.45, 2.75) is 12.8 Å². The van der Waals surface area contributed by atoms with Gasteiger partial charge in [-0.2, -0.15) is 0 Å². The first kappa shape index (κ1) is 10.6. The summed E-state index contributed by atoms with van der Waals surface area (Å²) in [6, 6.07) is 3.94. The summed E-state index contributed by atoms with van der Waals surface area (Å²) in [5.74, 6) is 0.696. The van der Waals surface area contributed by atoms with Crippen molar-refractivity contribution in [3.05, 3.63) is 34.9 Å². The molecule has 4 heteroatoms. The van der Waals surface area contributed by atoms with Gasteiger partial charge in [0.1, 0.15) is 0 Å². The highest BCUT2D eigenvalue weighted by Gasteiger charge is 2.03. The molecule has 78 valence electrons. The Bertz CT molecular complexity index is 414. The van der Waals surface area contributed by atoms with Crippen molar-refractivity contribution >= 4 is 22.9 Å². The second kappa shape index (κ2) is 5.24. The molecule has 0 amide bonds. The van der Waals surface area contributed by atoms with Crippen LogP contribution in [-0.4, -0.2) is 15.8 Å². The van der Waals surface area contributed by atoms with Crippen LogP contribution in [0.25, 0.3) is 11.3 Å². The molecule has 0 unspecified atom stereocenters. The minimum atomic E-state index is 0.696. The first-order chi connectivity index (χ1) is 7.40. The molecule has 0 spiro atoms. The van der Waals surface area contributed by atoms with E-state index in [0.717, 1.165) is 29.1 Å². The highest BCUT2D eigenvalue weighted by Crippen LogP contribution is 2.21. The Morgan fingerprint density at radius 1 is 1.40 bits per heavy atom. The Morgan fingerprint density at radius 2 is 2.33 bits per heavy atom. The molecule has 0 saturated heterocycles. The van der Waals surface area contributed by atoms with Gasteiger partial charge in [0.05, 0.1) is 10.7 Å². The second-order valence-electron chi connectivity index (χ2n) is 3.16. The topological polar surface area (TPSA) is 25.8 Å². The van der Waals surface area contributed by atoms with Crippen molar-refractivity contribution in [3.63, 3.8) is 0 Å². The number of aryl methyl sites for hydroxylation is 1. The third-order valence-corrected chi connectivity index (χ3v) is 3.21. The Labute approximate surface area is 98.0 Å². The predicted octanol–water partition coefficient (Wildman–Crippen LogP) is 3.38. The molecule has 0 fully saturated rings. The van der Waals surface area contributed by atoms with Crippen LogP contribution in [0.15, 0.2) is 29.9 Å². The minimum Gasteiger partial charge on any atom is -0.264 e. The van der Waals surface area contributed by atoms with Gasteiger partial charge in [-0.3, -0.25) is 4.98 Å². The first-order valence-electron chi connectivity index (χ1n) is 4.81. The van der Waals surface area contributed by atoms with Crippen LogP contribution in [0.3, 0.4) is 0 Å². The summed E-state index contributed by atoms with van der Waals surface area (Å²) in [6.45, 7) is 0. The summed E-state index contributed by atoms with van der Waals surface area (Å²) >= 11 is 7.33. The molecule has 0 bridgehead atoms. The highest BCUT2D eigenvalue weighted by atomic mass is 35.5. The molecule has 0 saturated carbocycles. The Kier molecular flexibility index (Phi) is 3.69. The number of halogens is 1. The number of hydrogen-bond acceptors (Lipinski definition) is 3. The van der Waals surface area contributed by atoms with Crippen molar-refractivity contribution in [2.75, 3.05) is 5.88 Å². The van der Waals surface area contributed by atoms with Gasteiger partial charge in [0.25, 0.3) is 0 Å². The average molecular weight is 239 g/mol. The van der Waals surface area contributed by atoms with Crippen LogP contribution < -0.4 is 0 Å². The van der Waals surface area contributed by atoms with Crippen molar-refractivity contribution < 1.29 is 0 Å². The van der Waals surface area contributed by atoms with Crippen molar-refractivity contribution in [2.24, 2.45) is 0 Å². The molecular formula is C11H11ClN2S. The van der Waals surface area contributed by atoms with Crippen molar-refractivity contribution in [1.82, 2.24) is 9.97 Å². The molecule has 0 radical (unpaired) electrons. The quantitative estimate of drug-likeness (QED) is 0.764. The number of hydrogen-bond donors (Lipinski definition) is 0. The second-order valence-corrected chi connectivity index (χ2v) is 4.48. The Balaban J connectivity index is 2.14. The van der Waals surface area contributed by atoms with Gasteiger partial charge in [-0.15, -0.1) is 22.9 Å². The van der Waals surface area contributed by atoms with Crippen LogP contribution in [0, 0.1) is 0 Å². The molecule has 2 nitrogen and oxygen atoms in total. The van der Waals surface area contributed by atoms with Gasteiger partial charge in [-0.05, 0) is 18.6 Å². The molecule has 2 heterocycles. The summed E-state index contributed by atoms with van der Waals surface area (Å²) in [4.78, 5) is 8.61. The van der Waals surface area contributed by atoms with E-state index in [9.17, 15) is 0 Å². The lowest BCUT2D eigenvalue weighted by atomic mass is 10.2. The normalized spacial score (nSPS) is 10.5. The van der Waals surface area contributed by atoms with E-state index in [1.54, 1.807) is 17.5 Å². The highest BCUT2D eigenvalue weighted by molar-refractivity contribution is 7.09. The van der Waals surface area contributed by atoms with Gasteiger partial charge in [-0.25, -0.2) is 4.98 Å². The lowest BCUT2D eigenvalue weighted by Crippen LogP contribution is -1.85. The first-order valence-corrected chi connectivity index (χ1v) is 6.22. The summed E-state index contributed by atoms with van der Waals surface area (Å²) in [6.07, 6.45) is 5.56. The van der Waals surface area contributed by atoms with Gasteiger partial charge in [0.2, 0.25) is 0 Å². The maximum absolute atomic E-state index is 5.64. The maximum Gasteiger partial charge on any atom is 0.0933 e. The smallest absolute Gasteiger partial charge is 0.0933 e. The molecule has 0 aliphatic carbocycles. The van der Waals surface area contributed by atoms with Crippen LogP contribution >= 0.6 is 22.9 Å². The zero-order valence-corrected chi connectivity index (χ0v) is 9.76. The van der Waals surface area contributed by atoms with E-state index in [4.69, 9.17) is 11.6 Å². The predicted molar refractivity (Wildman–Crippen MR) is 64.4 cm³/mol. The molecule has 0 aromatic carbocycles. The zero-order valence-electron chi connectivity index (χ0n) is 8.19. The van der Waals surface area contributed by atoms with Crippen LogP contribution in [0.4, 0.5) is 0 Å². The van der Waals surface area contributed by atoms with E-state index in [1.165, 1.54) is 0 Å². The van der Waals surface area contributed by atoms with E-state index >= 15 is 0 Å². The summed E-state index contributed by atoms with van der Waals surface area (Å²) in [7, 11) is 0. The van der Waals surface area contributed by atoms with Crippen molar-refractivity contribution in [3.8, 4) is 11.3 Å². The summed E-state index contributed by atoms with van der Waals surface area (Å²) in [5.41, 5.74) is 2.09. The fraction of sp³-hybridized carbons (Fsp3) is 0.273. The monoisotopic (exact) mass is 238 g/mol. The largest absolute Gasteiger partial charge is 0.264 e. The van der Waals surface area contributed by atoms with Crippen LogP contribution in [-0.2, 0) is 6.42 Å². The van der Waals surface area contributed by atoms with Crippen LogP contribution in [0.2, 0.25) is 0 Å². The molecular weight excluding hydrogens is 228 g/mol. The number of thiazole rings is 1. The van der Waals surface area contributed by atoms with E-state index in [-0.39, 0.29) is 0 Å². The summed E-state index contributed by atoms with van der Waals surface area (Å²) in [5, 5.41) is 3.22. The number of aromatic nitrogens is 2. The molecule has 15 heavy (non-hydrogen) atoms. The molecule has 0 atom stereocenters. The van der Waals surface area contributed by atoms with Crippen molar-refractivity contribution in [1.29, 1.82) is 0 Å². The van der Waals surface area contributed by atoms with Gasteiger partial charge < -0.3 is 0 Å². The summed E-state index contributed by atoms with van der Waals surface area (Å²) < 4.78 is 0. The van der Waals surface area contributed by atoms with Gasteiger partial charge in [0, 0.05) is 35.6 Å². The molecule has 0 aliphatic rings. The number of nitrogens with zero attached hydrogens (tertiary/aromatic N) is 2. The van der Waals surface area contributed by atoms with Gasteiger partial charge in [-0.1, -0.05) is 0 Å². The Hall–Kier alpha value is -0.930. The fourth-order valence-corrected chi connectivity index (χ4v) is 2.27. The third kappa shape index (κ3) is 2.76. The fourth-order valence-electron chi connectivity index (χ4n) is 1.29. The van der Waals surface area contributed by atoms with E-state index in [0.29, 0.717) is 5.88 Å². The molecule has 0 aliphatic heterocycles. The zero-order chi connectivity index (χ0) is 10.5. The van der Waals surface area contributed by atoms with E-state index in [1.807, 2.05) is 18.3 Å². The van der Waals surface area contributed by atoms with E-state index in [2.05, 4.69) is 15.3 Å². The number of rotatable bonds is 4. The molecule has 0 N–H and O–H groups in total. The lowest BCUT2D eigenvalue weighted by Gasteiger charge is -1.94. The molecule has 2 aromatic heterocycles. The standard InChI is InChI=1S/C11H11ClN2S/c12-5-1-4-11-14-10(8-15-11)9-3-2-6-13-7-9/h2-3,6-8H,1,4-5H2. The van der Waals surface area contributed by atoms with Gasteiger partial charge in [0.15, 0.2) is 0 Å². The lowest BCUT2D eigenvalue weighted by molar-refractivity contribution is 0.916. The minimum absolute atomic E-state index is 0.696. The molecule has 2 aromatic rings. The average Bonchev–Trinajstić information content (AvgIpc) is 2.76.